The minimum atomic E-state index is -0.280. The van der Waals surface area contributed by atoms with E-state index in [2.05, 4.69) is 46.2 Å². The van der Waals surface area contributed by atoms with Gasteiger partial charge in [-0.15, -0.1) is 0 Å². The summed E-state index contributed by atoms with van der Waals surface area (Å²) in [6, 6.07) is 19.7. The van der Waals surface area contributed by atoms with Crippen LogP contribution in [0.25, 0.3) is 11.3 Å². The summed E-state index contributed by atoms with van der Waals surface area (Å²) in [5, 5.41) is 4.66. The first-order chi connectivity index (χ1) is 14.7. The van der Waals surface area contributed by atoms with Crippen LogP contribution in [0.4, 0.5) is 5.69 Å². The maximum Gasteiger partial charge on any atom is 0.338 e. The predicted octanol–water partition coefficient (Wildman–Crippen LogP) is 3.55. The molecule has 0 radical (unpaired) electrons. The molecule has 4 rings (SSSR count). The average Bonchev–Trinajstić information content (AvgIpc) is 3.27. The van der Waals surface area contributed by atoms with E-state index in [0.29, 0.717) is 18.7 Å². The average molecular weight is 405 g/mol. The third kappa shape index (κ3) is 5.07. The van der Waals surface area contributed by atoms with Crippen molar-refractivity contribution in [3.05, 3.63) is 72.4 Å². The van der Waals surface area contributed by atoms with E-state index < -0.39 is 0 Å². The number of hydrogen-bond acceptors (Lipinski definition) is 5. The van der Waals surface area contributed by atoms with Gasteiger partial charge in [-0.2, -0.15) is 5.10 Å². The van der Waals surface area contributed by atoms with Crippen molar-refractivity contribution in [3.8, 4) is 11.3 Å². The van der Waals surface area contributed by atoms with E-state index in [0.717, 1.165) is 43.9 Å². The van der Waals surface area contributed by atoms with Gasteiger partial charge < -0.3 is 14.5 Å². The summed E-state index contributed by atoms with van der Waals surface area (Å²) in [4.78, 5) is 16.7. The lowest BCUT2D eigenvalue weighted by atomic mass is 10.1. The van der Waals surface area contributed by atoms with Gasteiger partial charge in [0.2, 0.25) is 0 Å². The molecule has 3 aromatic rings. The first-order valence-electron chi connectivity index (χ1n) is 10.5. The van der Waals surface area contributed by atoms with Gasteiger partial charge in [-0.05, 0) is 37.4 Å². The molecule has 0 bridgehead atoms. The van der Waals surface area contributed by atoms with Crippen molar-refractivity contribution in [2.45, 2.75) is 13.0 Å². The number of aromatic nitrogens is 2. The largest absolute Gasteiger partial charge is 0.462 e. The minimum absolute atomic E-state index is 0.280. The third-order valence-corrected chi connectivity index (χ3v) is 5.45. The van der Waals surface area contributed by atoms with E-state index in [1.807, 2.05) is 35.1 Å². The monoisotopic (exact) mass is 404 g/mol. The second-order valence-corrected chi connectivity index (χ2v) is 7.66. The van der Waals surface area contributed by atoms with E-state index in [1.165, 1.54) is 5.69 Å². The first kappa shape index (κ1) is 20.2. The second-order valence-electron chi connectivity index (χ2n) is 7.66. The molecule has 6 nitrogen and oxygen atoms in total. The highest BCUT2D eigenvalue weighted by molar-refractivity contribution is 5.89. The molecule has 0 saturated carbocycles. The Morgan fingerprint density at radius 1 is 0.967 bits per heavy atom. The van der Waals surface area contributed by atoms with Crippen LogP contribution in [0.3, 0.4) is 0 Å². The maximum atomic E-state index is 12.0. The number of piperazine rings is 1. The molecule has 1 aromatic heterocycles. The molecule has 2 heterocycles. The number of rotatable bonds is 7. The molecule has 30 heavy (non-hydrogen) atoms. The third-order valence-electron chi connectivity index (χ3n) is 5.45. The van der Waals surface area contributed by atoms with Crippen LogP contribution in [0.15, 0.2) is 66.9 Å². The molecular formula is C24H28N4O2. The van der Waals surface area contributed by atoms with E-state index in [-0.39, 0.29) is 5.97 Å². The predicted molar refractivity (Wildman–Crippen MR) is 119 cm³/mol. The molecule has 156 valence electrons. The van der Waals surface area contributed by atoms with Crippen molar-refractivity contribution < 1.29 is 9.53 Å². The standard InChI is InChI=1S/C24H28N4O2/c1-26-15-17-27(18-16-26)22-10-8-20(9-11-22)23-12-14-28(25-23)13-5-19-30-24(29)21-6-3-2-4-7-21/h2-4,6-12,14H,5,13,15-19H2,1H3. The Morgan fingerprint density at radius 3 is 2.43 bits per heavy atom. The topological polar surface area (TPSA) is 50.6 Å². The highest BCUT2D eigenvalue weighted by Crippen LogP contribution is 2.22. The van der Waals surface area contributed by atoms with Crippen molar-refractivity contribution in [2.75, 3.05) is 44.7 Å². The van der Waals surface area contributed by atoms with E-state index >= 15 is 0 Å². The summed E-state index contributed by atoms with van der Waals surface area (Å²) in [6.45, 7) is 5.43. The summed E-state index contributed by atoms with van der Waals surface area (Å²) in [7, 11) is 2.17. The minimum Gasteiger partial charge on any atom is -0.462 e. The lowest BCUT2D eigenvalue weighted by Gasteiger charge is -2.34. The second kappa shape index (κ2) is 9.59. The zero-order chi connectivity index (χ0) is 20.8. The van der Waals surface area contributed by atoms with Crippen LogP contribution in [0.5, 0.6) is 0 Å². The Morgan fingerprint density at radius 2 is 1.70 bits per heavy atom. The van der Waals surface area contributed by atoms with Crippen molar-refractivity contribution >= 4 is 11.7 Å². The number of benzene rings is 2. The SMILES string of the molecule is CN1CCN(c2ccc(-c3ccn(CCCOC(=O)c4ccccc4)n3)cc2)CC1. The number of esters is 1. The molecular weight excluding hydrogens is 376 g/mol. The van der Waals surface area contributed by atoms with Crippen molar-refractivity contribution in [1.29, 1.82) is 0 Å². The van der Waals surface area contributed by atoms with Gasteiger partial charge in [0.15, 0.2) is 0 Å². The first-order valence-corrected chi connectivity index (χ1v) is 10.5. The quantitative estimate of drug-likeness (QED) is 0.445. The van der Waals surface area contributed by atoms with Crippen LogP contribution >= 0.6 is 0 Å². The number of ether oxygens (including phenoxy) is 1. The Bertz CT molecular complexity index is 945. The molecule has 0 unspecified atom stereocenters. The number of likely N-dealkylation sites (N-methyl/N-ethyl adjacent to an activating group) is 1. The van der Waals surface area contributed by atoms with Crippen LogP contribution in [-0.2, 0) is 11.3 Å². The van der Waals surface area contributed by atoms with Crippen molar-refractivity contribution in [3.63, 3.8) is 0 Å². The van der Waals surface area contributed by atoms with Gasteiger partial charge in [-0.25, -0.2) is 4.79 Å². The fraction of sp³-hybridized carbons (Fsp3) is 0.333. The highest BCUT2D eigenvalue weighted by Gasteiger charge is 2.14. The van der Waals surface area contributed by atoms with E-state index in [4.69, 9.17) is 4.74 Å². The van der Waals surface area contributed by atoms with Crippen molar-refractivity contribution in [2.24, 2.45) is 0 Å². The molecule has 0 aliphatic carbocycles. The lowest BCUT2D eigenvalue weighted by molar-refractivity contribution is 0.0495. The van der Waals surface area contributed by atoms with Crippen LogP contribution in [0.2, 0.25) is 0 Å². The molecule has 2 aromatic carbocycles. The van der Waals surface area contributed by atoms with Crippen LogP contribution in [-0.4, -0.2) is 60.5 Å². The molecule has 0 N–H and O–H groups in total. The van der Waals surface area contributed by atoms with Gasteiger partial charge in [0.1, 0.15) is 0 Å². The zero-order valence-corrected chi connectivity index (χ0v) is 17.4. The number of anilines is 1. The van der Waals surface area contributed by atoms with Crippen molar-refractivity contribution in [1.82, 2.24) is 14.7 Å². The van der Waals surface area contributed by atoms with Gasteiger partial charge in [0, 0.05) is 56.6 Å². The van der Waals surface area contributed by atoms with Crippen LogP contribution < -0.4 is 4.90 Å². The Labute approximate surface area is 177 Å². The summed E-state index contributed by atoms with van der Waals surface area (Å²) in [5.74, 6) is -0.280. The molecule has 6 heteroatoms. The van der Waals surface area contributed by atoms with Crippen LogP contribution in [0, 0.1) is 0 Å². The normalized spacial score (nSPS) is 14.6. The fourth-order valence-electron chi connectivity index (χ4n) is 3.60. The Kier molecular flexibility index (Phi) is 6.44. The van der Waals surface area contributed by atoms with Gasteiger partial charge in [0.05, 0.1) is 17.9 Å². The zero-order valence-electron chi connectivity index (χ0n) is 17.4. The molecule has 1 aliphatic heterocycles. The van der Waals surface area contributed by atoms with Gasteiger partial charge in [-0.3, -0.25) is 4.68 Å². The number of carbonyl (C=O) groups is 1. The molecule has 0 spiro atoms. The number of carbonyl (C=O) groups excluding carboxylic acids is 1. The fourth-order valence-corrected chi connectivity index (χ4v) is 3.60. The summed E-state index contributed by atoms with van der Waals surface area (Å²) >= 11 is 0. The molecule has 0 atom stereocenters. The Hall–Kier alpha value is -3.12. The lowest BCUT2D eigenvalue weighted by Crippen LogP contribution is -2.44. The molecule has 1 saturated heterocycles. The summed E-state index contributed by atoms with van der Waals surface area (Å²) in [6.07, 6.45) is 2.70. The summed E-state index contributed by atoms with van der Waals surface area (Å²) in [5.41, 5.74) is 3.92. The molecule has 0 amide bonds. The van der Waals surface area contributed by atoms with Gasteiger partial charge >= 0.3 is 5.97 Å². The Balaban J connectivity index is 1.26. The van der Waals surface area contributed by atoms with Gasteiger partial charge in [-0.1, -0.05) is 30.3 Å². The van der Waals surface area contributed by atoms with E-state index in [1.54, 1.807) is 12.1 Å². The van der Waals surface area contributed by atoms with Crippen LogP contribution in [0.1, 0.15) is 16.8 Å². The summed E-state index contributed by atoms with van der Waals surface area (Å²) < 4.78 is 7.23. The number of aryl methyl sites for hydroxylation is 1. The van der Waals surface area contributed by atoms with Gasteiger partial charge in [0.25, 0.3) is 0 Å². The highest BCUT2D eigenvalue weighted by atomic mass is 16.5. The van der Waals surface area contributed by atoms with E-state index in [9.17, 15) is 4.79 Å². The molecule has 1 fully saturated rings. The molecule has 1 aliphatic rings. The maximum absolute atomic E-state index is 12.0. The smallest absolute Gasteiger partial charge is 0.338 e. The number of hydrogen-bond donors (Lipinski definition) is 0. The number of nitrogens with zero attached hydrogens (tertiary/aromatic N) is 4.